The van der Waals surface area contributed by atoms with E-state index in [9.17, 15) is 10.1 Å². The molecule has 0 fully saturated rings. The van der Waals surface area contributed by atoms with Gasteiger partial charge in [0.25, 0.3) is 5.69 Å². The van der Waals surface area contributed by atoms with Gasteiger partial charge in [0.05, 0.1) is 16.8 Å². The van der Waals surface area contributed by atoms with Crippen molar-refractivity contribution in [2.24, 2.45) is 5.10 Å². The van der Waals surface area contributed by atoms with Crippen LogP contribution in [0.5, 0.6) is 0 Å². The average Bonchev–Trinajstić information content (AvgIpc) is 2.96. The Morgan fingerprint density at radius 1 is 1.20 bits per heavy atom. The summed E-state index contributed by atoms with van der Waals surface area (Å²) in [5, 5.41) is 15.6. The van der Waals surface area contributed by atoms with Crippen LogP contribution in [-0.2, 0) is 0 Å². The minimum absolute atomic E-state index is 0.0377. The molecule has 0 saturated heterocycles. The Morgan fingerprint density at radius 3 is 2.68 bits per heavy atom. The van der Waals surface area contributed by atoms with Gasteiger partial charge in [-0.3, -0.25) is 15.5 Å². The molecule has 3 aromatic rings. The lowest BCUT2D eigenvalue weighted by Gasteiger charge is -1.99. The number of hydrogen-bond acceptors (Lipinski definition) is 6. The Balaban J connectivity index is 1.74. The highest BCUT2D eigenvalue weighted by molar-refractivity contribution is 7.15. The van der Waals surface area contributed by atoms with E-state index in [-0.39, 0.29) is 5.69 Å². The van der Waals surface area contributed by atoms with Gasteiger partial charge >= 0.3 is 0 Å². The molecule has 6 nitrogen and oxygen atoms in total. The largest absolute Gasteiger partial charge is 0.270 e. The summed E-state index contributed by atoms with van der Waals surface area (Å²) in [7, 11) is 0. The summed E-state index contributed by atoms with van der Waals surface area (Å²) in [6.07, 6.45) is 1.54. The maximum Gasteiger partial charge on any atom is 0.270 e. The van der Waals surface area contributed by atoms with Gasteiger partial charge in [-0.25, -0.2) is 4.98 Å². The number of aromatic nitrogens is 1. The van der Waals surface area contributed by atoms with E-state index >= 15 is 0 Å². The van der Waals surface area contributed by atoms with Crippen LogP contribution < -0.4 is 5.43 Å². The number of nitrogens with zero attached hydrogens (tertiary/aromatic N) is 3. The molecule has 0 atom stereocenters. The lowest BCUT2D eigenvalue weighted by Crippen LogP contribution is -1.92. The molecule has 0 amide bonds. The van der Waals surface area contributed by atoms with Crippen LogP contribution in [0.4, 0.5) is 10.8 Å². The Morgan fingerprint density at radius 2 is 1.96 bits per heavy atom. The number of nitro groups is 1. The molecule has 25 heavy (non-hydrogen) atoms. The third kappa shape index (κ3) is 4.07. The van der Waals surface area contributed by atoms with E-state index in [2.05, 4.69) is 27.6 Å². The number of thiazole rings is 1. The number of nitrogens with one attached hydrogen (secondary N) is 1. The Hall–Kier alpha value is -3.06. The van der Waals surface area contributed by atoms with Crippen LogP contribution in [0.3, 0.4) is 0 Å². The second kappa shape index (κ2) is 7.23. The van der Waals surface area contributed by atoms with Crippen LogP contribution in [0.2, 0.25) is 0 Å². The summed E-state index contributed by atoms with van der Waals surface area (Å²) in [5.41, 5.74) is 6.77. The van der Waals surface area contributed by atoms with Gasteiger partial charge in [0.2, 0.25) is 5.13 Å². The van der Waals surface area contributed by atoms with Crippen molar-refractivity contribution in [2.45, 2.75) is 13.8 Å². The van der Waals surface area contributed by atoms with Crippen LogP contribution in [0, 0.1) is 24.0 Å². The smallest absolute Gasteiger partial charge is 0.258 e. The molecule has 0 aliphatic carbocycles. The second-order valence-electron chi connectivity index (χ2n) is 5.51. The zero-order chi connectivity index (χ0) is 17.8. The van der Waals surface area contributed by atoms with E-state index in [0.717, 1.165) is 16.1 Å². The highest BCUT2D eigenvalue weighted by Crippen LogP contribution is 2.30. The van der Waals surface area contributed by atoms with Crippen molar-refractivity contribution < 1.29 is 4.92 Å². The van der Waals surface area contributed by atoms with Gasteiger partial charge in [-0.2, -0.15) is 5.10 Å². The topological polar surface area (TPSA) is 80.4 Å². The second-order valence-corrected chi connectivity index (χ2v) is 6.72. The highest BCUT2D eigenvalue weighted by atomic mass is 32.1. The molecule has 0 aliphatic rings. The molecular weight excluding hydrogens is 336 g/mol. The molecule has 1 N–H and O–H groups in total. The maximum absolute atomic E-state index is 10.8. The molecule has 0 bridgehead atoms. The number of nitro benzene ring substituents is 1. The number of hydrazone groups is 1. The molecular formula is C18H16N4O2S. The first-order valence-electron chi connectivity index (χ1n) is 7.61. The molecule has 0 saturated carbocycles. The SMILES string of the molecule is Cc1ccc(-c2nc(N/N=C/c3cccc([N+](=O)[O-])c3)sc2C)cc1. The first kappa shape index (κ1) is 16.8. The molecule has 0 unspecified atom stereocenters. The lowest BCUT2D eigenvalue weighted by molar-refractivity contribution is -0.384. The molecule has 126 valence electrons. The van der Waals surface area contributed by atoms with Crippen LogP contribution in [0.1, 0.15) is 16.0 Å². The van der Waals surface area contributed by atoms with Crippen molar-refractivity contribution >= 4 is 28.4 Å². The van der Waals surface area contributed by atoms with Crippen molar-refractivity contribution in [1.29, 1.82) is 0 Å². The molecule has 0 spiro atoms. The minimum atomic E-state index is -0.428. The van der Waals surface area contributed by atoms with Gasteiger partial charge in [0, 0.05) is 28.1 Å². The number of aryl methyl sites for hydroxylation is 2. The van der Waals surface area contributed by atoms with Gasteiger partial charge in [-0.05, 0) is 13.8 Å². The third-order valence-electron chi connectivity index (χ3n) is 3.58. The Bertz CT molecular complexity index is 933. The zero-order valence-corrected chi connectivity index (χ0v) is 14.6. The Kier molecular flexibility index (Phi) is 4.85. The fourth-order valence-electron chi connectivity index (χ4n) is 2.30. The molecule has 7 heteroatoms. The van der Waals surface area contributed by atoms with Crippen molar-refractivity contribution in [3.05, 3.63) is 74.6 Å². The first-order chi connectivity index (χ1) is 12.0. The number of rotatable bonds is 5. The maximum atomic E-state index is 10.8. The predicted octanol–water partition coefficient (Wildman–Crippen LogP) is 4.78. The summed E-state index contributed by atoms with van der Waals surface area (Å²) in [6, 6.07) is 14.5. The fraction of sp³-hybridized carbons (Fsp3) is 0.111. The van der Waals surface area contributed by atoms with E-state index < -0.39 is 4.92 Å². The summed E-state index contributed by atoms with van der Waals surface area (Å²) < 4.78 is 0. The standard InChI is InChI=1S/C18H16N4O2S/c1-12-6-8-15(9-7-12)17-13(2)25-18(20-17)21-19-11-14-4-3-5-16(10-14)22(23)24/h3-11H,1-2H3,(H,20,21)/b19-11+. The average molecular weight is 352 g/mol. The lowest BCUT2D eigenvalue weighted by atomic mass is 10.1. The van der Waals surface area contributed by atoms with E-state index in [1.165, 1.54) is 35.2 Å². The normalized spacial score (nSPS) is 11.0. The zero-order valence-electron chi connectivity index (χ0n) is 13.8. The van der Waals surface area contributed by atoms with Crippen molar-refractivity contribution in [1.82, 2.24) is 4.98 Å². The summed E-state index contributed by atoms with van der Waals surface area (Å²) in [6.45, 7) is 4.07. The van der Waals surface area contributed by atoms with E-state index in [1.807, 2.05) is 26.0 Å². The molecule has 1 aromatic heterocycles. The van der Waals surface area contributed by atoms with Crippen LogP contribution in [-0.4, -0.2) is 16.1 Å². The van der Waals surface area contributed by atoms with Gasteiger partial charge in [-0.1, -0.05) is 42.0 Å². The number of hydrogen-bond donors (Lipinski definition) is 1. The molecule has 1 heterocycles. The third-order valence-corrected chi connectivity index (χ3v) is 4.45. The van der Waals surface area contributed by atoms with Crippen molar-refractivity contribution in [2.75, 3.05) is 5.43 Å². The summed E-state index contributed by atoms with van der Waals surface area (Å²) >= 11 is 1.51. The number of anilines is 1. The highest BCUT2D eigenvalue weighted by Gasteiger charge is 2.09. The number of non-ortho nitro benzene ring substituents is 1. The Labute approximate surface area is 149 Å². The summed E-state index contributed by atoms with van der Waals surface area (Å²) in [5.74, 6) is 0. The van der Waals surface area contributed by atoms with E-state index in [1.54, 1.807) is 12.1 Å². The van der Waals surface area contributed by atoms with Crippen LogP contribution >= 0.6 is 11.3 Å². The first-order valence-corrected chi connectivity index (χ1v) is 8.42. The van der Waals surface area contributed by atoms with Crippen LogP contribution in [0.25, 0.3) is 11.3 Å². The molecule has 3 rings (SSSR count). The van der Waals surface area contributed by atoms with Crippen molar-refractivity contribution in [3.63, 3.8) is 0 Å². The van der Waals surface area contributed by atoms with Crippen LogP contribution in [0.15, 0.2) is 53.6 Å². The van der Waals surface area contributed by atoms with Gasteiger partial charge in [0.15, 0.2) is 0 Å². The number of benzene rings is 2. The predicted molar refractivity (Wildman–Crippen MR) is 101 cm³/mol. The molecule has 0 radical (unpaired) electrons. The van der Waals surface area contributed by atoms with E-state index in [4.69, 9.17) is 0 Å². The molecule has 2 aromatic carbocycles. The molecule has 0 aliphatic heterocycles. The monoisotopic (exact) mass is 352 g/mol. The van der Waals surface area contributed by atoms with Gasteiger partial charge < -0.3 is 0 Å². The van der Waals surface area contributed by atoms with Crippen molar-refractivity contribution in [3.8, 4) is 11.3 Å². The quantitative estimate of drug-likeness (QED) is 0.407. The van der Waals surface area contributed by atoms with Gasteiger partial charge in [-0.15, -0.1) is 11.3 Å². The fourth-order valence-corrected chi connectivity index (χ4v) is 3.09. The van der Waals surface area contributed by atoms with E-state index in [0.29, 0.717) is 10.7 Å². The van der Waals surface area contributed by atoms with Gasteiger partial charge in [0.1, 0.15) is 0 Å². The minimum Gasteiger partial charge on any atom is -0.258 e. The summed E-state index contributed by atoms with van der Waals surface area (Å²) in [4.78, 5) is 16.0.